The van der Waals surface area contributed by atoms with E-state index in [-0.39, 0.29) is 30.2 Å². The molecule has 2 aromatic carbocycles. The summed E-state index contributed by atoms with van der Waals surface area (Å²) in [5.74, 6) is 1.41. The van der Waals surface area contributed by atoms with Crippen LogP contribution in [0.2, 0.25) is 0 Å². The van der Waals surface area contributed by atoms with E-state index in [1.54, 1.807) is 50.3 Å². The van der Waals surface area contributed by atoms with E-state index in [0.717, 1.165) is 5.56 Å². The van der Waals surface area contributed by atoms with Crippen LogP contribution in [0.15, 0.2) is 42.2 Å². The second-order valence-electron chi connectivity index (χ2n) is 6.29. The van der Waals surface area contributed by atoms with E-state index in [4.69, 9.17) is 18.9 Å². The molecule has 0 unspecified atom stereocenters. The number of esters is 1. The molecule has 0 fully saturated rings. The van der Waals surface area contributed by atoms with Crippen LogP contribution >= 0.6 is 0 Å². The van der Waals surface area contributed by atoms with Crippen LogP contribution in [-0.2, 0) is 4.79 Å². The van der Waals surface area contributed by atoms with Gasteiger partial charge in [0.2, 0.25) is 12.6 Å². The maximum absolute atomic E-state index is 12.5. The second-order valence-corrected chi connectivity index (χ2v) is 6.29. The van der Waals surface area contributed by atoms with Crippen LogP contribution in [-0.4, -0.2) is 18.5 Å². The number of benzene rings is 2. The van der Waals surface area contributed by atoms with Gasteiger partial charge in [0.1, 0.15) is 11.5 Å². The predicted molar refractivity (Wildman–Crippen MR) is 92.4 cm³/mol. The van der Waals surface area contributed by atoms with Crippen molar-refractivity contribution in [3.05, 3.63) is 53.3 Å². The van der Waals surface area contributed by atoms with E-state index in [2.05, 4.69) is 0 Å². The third kappa shape index (κ3) is 2.90. The number of ketones is 1. The molecule has 0 aromatic heterocycles. The average molecular weight is 352 g/mol. The summed E-state index contributed by atoms with van der Waals surface area (Å²) in [4.78, 5) is 24.2. The van der Waals surface area contributed by atoms with Crippen molar-refractivity contribution in [2.45, 2.75) is 13.8 Å². The number of carbonyl (C=O) groups excluding carboxylic acids is 2. The van der Waals surface area contributed by atoms with E-state index < -0.39 is 0 Å². The molecule has 0 radical (unpaired) electrons. The highest BCUT2D eigenvalue weighted by atomic mass is 16.7. The van der Waals surface area contributed by atoms with Crippen LogP contribution in [0.25, 0.3) is 6.08 Å². The molecule has 0 N–H and O–H groups in total. The minimum Gasteiger partial charge on any atom is -0.454 e. The molecule has 6 heteroatoms. The van der Waals surface area contributed by atoms with Crippen molar-refractivity contribution in [1.82, 2.24) is 0 Å². The van der Waals surface area contributed by atoms with Crippen LogP contribution in [0.1, 0.15) is 29.8 Å². The Kier molecular flexibility index (Phi) is 3.88. The first-order valence-electron chi connectivity index (χ1n) is 8.21. The Labute approximate surface area is 149 Å². The number of Topliss-reactive ketones (excluding diaryl/α,β-unsaturated/α-hetero) is 1. The Morgan fingerprint density at radius 1 is 1.08 bits per heavy atom. The van der Waals surface area contributed by atoms with Crippen molar-refractivity contribution >= 4 is 17.8 Å². The van der Waals surface area contributed by atoms with Crippen molar-refractivity contribution in [1.29, 1.82) is 0 Å². The molecule has 0 saturated carbocycles. The third-order valence-electron chi connectivity index (χ3n) is 4.03. The molecule has 0 amide bonds. The normalized spacial score (nSPS) is 16.0. The quantitative estimate of drug-likeness (QED) is 0.478. The molecule has 0 aliphatic carbocycles. The van der Waals surface area contributed by atoms with Crippen LogP contribution in [0.4, 0.5) is 0 Å². The Morgan fingerprint density at radius 2 is 1.88 bits per heavy atom. The first-order valence-corrected chi connectivity index (χ1v) is 8.21. The highest BCUT2D eigenvalue weighted by Crippen LogP contribution is 2.37. The molecular weight excluding hydrogens is 336 g/mol. The van der Waals surface area contributed by atoms with Gasteiger partial charge in [-0.2, -0.15) is 0 Å². The van der Waals surface area contributed by atoms with E-state index in [0.29, 0.717) is 28.6 Å². The second kappa shape index (κ2) is 6.22. The summed E-state index contributed by atoms with van der Waals surface area (Å²) in [6.45, 7) is 3.69. The summed E-state index contributed by atoms with van der Waals surface area (Å²) < 4.78 is 21.5. The van der Waals surface area contributed by atoms with Crippen molar-refractivity contribution in [2.24, 2.45) is 5.92 Å². The molecule has 2 aromatic rings. The molecule has 0 atom stereocenters. The number of rotatable bonds is 3. The van der Waals surface area contributed by atoms with Gasteiger partial charge in [-0.05, 0) is 35.9 Å². The van der Waals surface area contributed by atoms with Crippen molar-refractivity contribution < 1.29 is 28.5 Å². The lowest BCUT2D eigenvalue weighted by atomic mass is 10.1. The molecule has 2 aliphatic heterocycles. The van der Waals surface area contributed by atoms with Crippen LogP contribution < -0.4 is 18.9 Å². The molecule has 0 saturated heterocycles. The highest BCUT2D eigenvalue weighted by Gasteiger charge is 2.28. The first-order chi connectivity index (χ1) is 12.5. The van der Waals surface area contributed by atoms with Gasteiger partial charge in [-0.3, -0.25) is 9.59 Å². The van der Waals surface area contributed by atoms with Gasteiger partial charge in [0, 0.05) is 6.07 Å². The third-order valence-corrected chi connectivity index (χ3v) is 4.03. The lowest BCUT2D eigenvalue weighted by Crippen LogP contribution is -2.14. The Balaban J connectivity index is 1.58. The average Bonchev–Trinajstić information content (AvgIpc) is 3.19. The number of hydrogen-bond acceptors (Lipinski definition) is 6. The summed E-state index contributed by atoms with van der Waals surface area (Å²) in [5.41, 5.74) is 1.19. The molecular formula is C20H16O6. The SMILES string of the molecule is CC(C)C(=O)Oc1ccc2c(c1)O/C(=C\c1ccc3c(c1)OCO3)C2=O. The molecule has 2 heterocycles. The van der Waals surface area contributed by atoms with Gasteiger partial charge in [0.25, 0.3) is 0 Å². The van der Waals surface area contributed by atoms with Crippen molar-refractivity contribution in [2.75, 3.05) is 6.79 Å². The zero-order valence-electron chi connectivity index (χ0n) is 14.3. The van der Waals surface area contributed by atoms with Gasteiger partial charge in [-0.25, -0.2) is 0 Å². The monoisotopic (exact) mass is 352 g/mol. The fourth-order valence-electron chi connectivity index (χ4n) is 2.62. The number of ether oxygens (including phenoxy) is 4. The summed E-state index contributed by atoms with van der Waals surface area (Å²) in [6, 6.07) is 10.1. The van der Waals surface area contributed by atoms with Crippen LogP contribution in [0.3, 0.4) is 0 Å². The highest BCUT2D eigenvalue weighted by molar-refractivity contribution is 6.14. The minimum absolute atomic E-state index is 0.189. The summed E-state index contributed by atoms with van der Waals surface area (Å²) in [6.07, 6.45) is 1.64. The van der Waals surface area contributed by atoms with E-state index in [9.17, 15) is 9.59 Å². The number of fused-ring (bicyclic) bond motifs is 2. The number of allylic oxidation sites excluding steroid dienone is 1. The fourth-order valence-corrected chi connectivity index (χ4v) is 2.62. The molecule has 132 valence electrons. The first kappa shape index (κ1) is 16.2. The van der Waals surface area contributed by atoms with Gasteiger partial charge >= 0.3 is 5.97 Å². The van der Waals surface area contributed by atoms with Crippen LogP contribution in [0.5, 0.6) is 23.0 Å². The Morgan fingerprint density at radius 3 is 2.69 bits per heavy atom. The van der Waals surface area contributed by atoms with Gasteiger partial charge in [0.05, 0.1) is 11.5 Å². The van der Waals surface area contributed by atoms with Crippen molar-refractivity contribution in [3.63, 3.8) is 0 Å². The Bertz CT molecular complexity index is 941. The van der Waals surface area contributed by atoms with E-state index >= 15 is 0 Å². The van der Waals surface area contributed by atoms with E-state index in [1.807, 2.05) is 6.07 Å². The number of carbonyl (C=O) groups is 2. The van der Waals surface area contributed by atoms with Gasteiger partial charge in [-0.1, -0.05) is 19.9 Å². The van der Waals surface area contributed by atoms with E-state index in [1.165, 1.54) is 0 Å². The fraction of sp³-hybridized carbons (Fsp3) is 0.200. The molecule has 2 aliphatic rings. The minimum atomic E-state index is -0.342. The molecule has 6 nitrogen and oxygen atoms in total. The summed E-state index contributed by atoms with van der Waals surface area (Å²) in [7, 11) is 0. The molecule has 0 bridgehead atoms. The van der Waals surface area contributed by atoms with Gasteiger partial charge in [-0.15, -0.1) is 0 Å². The maximum Gasteiger partial charge on any atom is 0.313 e. The lowest BCUT2D eigenvalue weighted by molar-refractivity contribution is -0.137. The standard InChI is InChI=1S/C20H16O6/c1-11(2)20(22)25-13-4-5-14-16(9-13)26-18(19(14)21)8-12-3-6-15-17(7-12)24-10-23-15/h3-9,11H,10H2,1-2H3/b18-8-. The largest absolute Gasteiger partial charge is 0.454 e. The smallest absolute Gasteiger partial charge is 0.313 e. The Hall–Kier alpha value is -3.28. The topological polar surface area (TPSA) is 71.1 Å². The lowest BCUT2D eigenvalue weighted by Gasteiger charge is -2.07. The predicted octanol–water partition coefficient (Wildman–Crippen LogP) is 3.59. The zero-order valence-corrected chi connectivity index (χ0v) is 14.3. The van der Waals surface area contributed by atoms with Crippen LogP contribution in [0, 0.1) is 5.92 Å². The van der Waals surface area contributed by atoms with Gasteiger partial charge < -0.3 is 18.9 Å². The van der Waals surface area contributed by atoms with Crippen molar-refractivity contribution in [3.8, 4) is 23.0 Å². The van der Waals surface area contributed by atoms with Gasteiger partial charge in [0.15, 0.2) is 17.3 Å². The molecule has 26 heavy (non-hydrogen) atoms. The maximum atomic E-state index is 12.5. The summed E-state index contributed by atoms with van der Waals surface area (Å²) in [5, 5.41) is 0. The number of hydrogen-bond donors (Lipinski definition) is 0. The summed E-state index contributed by atoms with van der Waals surface area (Å²) >= 11 is 0. The zero-order chi connectivity index (χ0) is 18.3. The molecule has 0 spiro atoms. The molecule has 4 rings (SSSR count).